The van der Waals surface area contributed by atoms with Gasteiger partial charge in [-0.2, -0.15) is 0 Å². The highest BCUT2D eigenvalue weighted by atomic mass is 16.2. The van der Waals surface area contributed by atoms with E-state index in [1.165, 1.54) is 24.8 Å². The van der Waals surface area contributed by atoms with Crippen LogP contribution >= 0.6 is 0 Å². The van der Waals surface area contributed by atoms with Crippen LogP contribution in [0.25, 0.3) is 5.95 Å². The van der Waals surface area contributed by atoms with Crippen molar-refractivity contribution in [3.63, 3.8) is 0 Å². The van der Waals surface area contributed by atoms with Crippen molar-refractivity contribution in [1.29, 1.82) is 0 Å². The van der Waals surface area contributed by atoms with Gasteiger partial charge in [0.05, 0.1) is 18.1 Å². The van der Waals surface area contributed by atoms with Crippen molar-refractivity contribution < 1.29 is 4.79 Å². The summed E-state index contributed by atoms with van der Waals surface area (Å²) in [6.45, 7) is 1.85. The molecule has 0 spiro atoms. The highest BCUT2D eigenvalue weighted by molar-refractivity contribution is 6.01. The number of rotatable bonds is 3. The van der Waals surface area contributed by atoms with Crippen LogP contribution in [0.15, 0.2) is 43.2 Å². The van der Waals surface area contributed by atoms with Crippen LogP contribution in [0.4, 0.5) is 5.69 Å². The zero-order valence-electron chi connectivity index (χ0n) is 11.1. The van der Waals surface area contributed by atoms with Gasteiger partial charge in [0.2, 0.25) is 11.8 Å². The second-order valence-electron chi connectivity index (χ2n) is 4.14. The number of imidazole rings is 1. The van der Waals surface area contributed by atoms with Gasteiger partial charge in [-0.15, -0.1) is 0 Å². The lowest BCUT2D eigenvalue weighted by molar-refractivity contribution is 0.101. The Morgan fingerprint density at radius 1 is 1.05 bits per heavy atom. The monoisotopic (exact) mass is 281 g/mol. The maximum atomic E-state index is 11.9. The fourth-order valence-electron chi connectivity index (χ4n) is 1.70. The smallest absolute Gasteiger partial charge is 0.293 e. The van der Waals surface area contributed by atoms with Gasteiger partial charge in [-0.05, 0) is 13.0 Å². The number of hydrogen-bond donors (Lipinski definition) is 1. The lowest BCUT2D eigenvalue weighted by Crippen LogP contribution is -2.15. The third-order valence-corrected chi connectivity index (χ3v) is 2.71. The quantitative estimate of drug-likeness (QED) is 0.769. The maximum Gasteiger partial charge on any atom is 0.293 e. The van der Waals surface area contributed by atoms with Gasteiger partial charge in [0.25, 0.3) is 5.91 Å². The van der Waals surface area contributed by atoms with E-state index in [0.717, 1.165) is 5.82 Å². The molecule has 3 aromatic rings. The second-order valence-corrected chi connectivity index (χ2v) is 4.14. The van der Waals surface area contributed by atoms with Crippen molar-refractivity contribution in [3.05, 3.63) is 54.9 Å². The lowest BCUT2D eigenvalue weighted by Gasteiger charge is -2.05. The second kappa shape index (κ2) is 5.45. The molecule has 0 aliphatic heterocycles. The summed E-state index contributed by atoms with van der Waals surface area (Å²) < 4.78 is 1.74. The molecule has 0 aliphatic rings. The SMILES string of the molecule is Cc1nccn1-c1ncc(NC(=O)c2ncccn2)cn1. The molecule has 21 heavy (non-hydrogen) atoms. The molecule has 8 heteroatoms. The number of nitrogens with zero attached hydrogens (tertiary/aromatic N) is 6. The van der Waals surface area contributed by atoms with Crippen LogP contribution in [0.1, 0.15) is 16.4 Å². The van der Waals surface area contributed by atoms with E-state index in [4.69, 9.17) is 0 Å². The first-order valence-electron chi connectivity index (χ1n) is 6.15. The summed E-state index contributed by atoms with van der Waals surface area (Å²) in [6, 6.07) is 1.64. The van der Waals surface area contributed by atoms with E-state index in [2.05, 4.69) is 30.2 Å². The molecule has 0 atom stereocenters. The van der Waals surface area contributed by atoms with Crippen LogP contribution in [-0.4, -0.2) is 35.4 Å². The third kappa shape index (κ3) is 2.73. The molecule has 8 nitrogen and oxygen atoms in total. The van der Waals surface area contributed by atoms with Gasteiger partial charge in [0, 0.05) is 24.8 Å². The first-order chi connectivity index (χ1) is 10.2. The lowest BCUT2D eigenvalue weighted by atomic mass is 10.4. The largest absolute Gasteiger partial charge is 0.317 e. The number of hydrogen-bond acceptors (Lipinski definition) is 6. The molecule has 1 N–H and O–H groups in total. The summed E-state index contributed by atoms with van der Waals surface area (Å²) in [4.78, 5) is 32.1. The Labute approximate surface area is 120 Å². The van der Waals surface area contributed by atoms with E-state index in [1.54, 1.807) is 23.0 Å². The fourth-order valence-corrected chi connectivity index (χ4v) is 1.70. The maximum absolute atomic E-state index is 11.9. The molecule has 3 heterocycles. The summed E-state index contributed by atoms with van der Waals surface area (Å²) in [5.74, 6) is 0.946. The van der Waals surface area contributed by atoms with Crippen LogP contribution in [0, 0.1) is 6.92 Å². The summed E-state index contributed by atoms with van der Waals surface area (Å²) in [6.07, 6.45) is 9.47. The van der Waals surface area contributed by atoms with Crippen molar-refractivity contribution >= 4 is 11.6 Å². The molecule has 0 fully saturated rings. The summed E-state index contributed by atoms with van der Waals surface area (Å²) in [5.41, 5.74) is 0.467. The zero-order valence-corrected chi connectivity index (χ0v) is 11.1. The summed E-state index contributed by atoms with van der Waals surface area (Å²) in [7, 11) is 0. The van der Waals surface area contributed by atoms with Crippen molar-refractivity contribution in [3.8, 4) is 5.95 Å². The Morgan fingerprint density at radius 2 is 1.76 bits per heavy atom. The number of carbonyl (C=O) groups is 1. The van der Waals surface area contributed by atoms with Gasteiger partial charge < -0.3 is 5.32 Å². The minimum atomic E-state index is -0.411. The summed E-state index contributed by atoms with van der Waals surface area (Å²) >= 11 is 0. The Morgan fingerprint density at radius 3 is 2.38 bits per heavy atom. The molecule has 0 radical (unpaired) electrons. The Hall–Kier alpha value is -3.16. The normalized spacial score (nSPS) is 10.3. The van der Waals surface area contributed by atoms with Gasteiger partial charge >= 0.3 is 0 Å². The van der Waals surface area contributed by atoms with E-state index in [-0.39, 0.29) is 5.82 Å². The fraction of sp³-hybridized carbons (Fsp3) is 0.0769. The Bertz CT molecular complexity index is 752. The van der Waals surface area contributed by atoms with E-state index in [1.807, 2.05) is 6.92 Å². The number of aryl methyl sites for hydroxylation is 1. The molecule has 0 aliphatic carbocycles. The number of aromatic nitrogens is 6. The molecular weight excluding hydrogens is 270 g/mol. The first-order valence-corrected chi connectivity index (χ1v) is 6.15. The highest BCUT2D eigenvalue weighted by Gasteiger charge is 2.09. The predicted octanol–water partition coefficient (Wildman–Crippen LogP) is 1.01. The Balaban J connectivity index is 1.76. The topological polar surface area (TPSA) is 98.5 Å². The molecule has 0 saturated heterocycles. The number of anilines is 1. The number of carbonyl (C=O) groups excluding carboxylic acids is 1. The van der Waals surface area contributed by atoms with Gasteiger partial charge in [0.1, 0.15) is 5.82 Å². The first kappa shape index (κ1) is 12.9. The number of nitrogens with one attached hydrogen (secondary N) is 1. The highest BCUT2D eigenvalue weighted by Crippen LogP contribution is 2.08. The van der Waals surface area contributed by atoms with Crippen LogP contribution in [0.3, 0.4) is 0 Å². The van der Waals surface area contributed by atoms with Crippen molar-refractivity contribution in [2.24, 2.45) is 0 Å². The zero-order chi connectivity index (χ0) is 14.7. The van der Waals surface area contributed by atoms with Crippen molar-refractivity contribution in [2.75, 3.05) is 5.32 Å². The minimum Gasteiger partial charge on any atom is -0.317 e. The van der Waals surface area contributed by atoms with E-state index in [0.29, 0.717) is 11.6 Å². The molecule has 0 aromatic carbocycles. The molecule has 0 unspecified atom stereocenters. The Kier molecular flexibility index (Phi) is 3.34. The molecule has 0 bridgehead atoms. The van der Waals surface area contributed by atoms with Gasteiger partial charge in [-0.25, -0.2) is 24.9 Å². The summed E-state index contributed by atoms with van der Waals surface area (Å²) in [5, 5.41) is 2.63. The van der Waals surface area contributed by atoms with Crippen molar-refractivity contribution in [2.45, 2.75) is 6.92 Å². The average molecular weight is 281 g/mol. The van der Waals surface area contributed by atoms with Crippen LogP contribution in [-0.2, 0) is 0 Å². The van der Waals surface area contributed by atoms with E-state index >= 15 is 0 Å². The van der Waals surface area contributed by atoms with Crippen LogP contribution < -0.4 is 5.32 Å². The molecule has 1 amide bonds. The van der Waals surface area contributed by atoms with Crippen LogP contribution in [0.2, 0.25) is 0 Å². The van der Waals surface area contributed by atoms with E-state index in [9.17, 15) is 4.79 Å². The predicted molar refractivity (Wildman–Crippen MR) is 73.9 cm³/mol. The molecule has 104 valence electrons. The van der Waals surface area contributed by atoms with Crippen molar-refractivity contribution in [1.82, 2.24) is 29.5 Å². The third-order valence-electron chi connectivity index (χ3n) is 2.71. The van der Waals surface area contributed by atoms with Gasteiger partial charge in [-0.3, -0.25) is 9.36 Å². The molecule has 3 rings (SSSR count). The number of amides is 1. The average Bonchev–Trinajstić information content (AvgIpc) is 2.95. The minimum absolute atomic E-state index is 0.0898. The van der Waals surface area contributed by atoms with Gasteiger partial charge in [-0.1, -0.05) is 0 Å². The van der Waals surface area contributed by atoms with E-state index < -0.39 is 5.91 Å². The molecular formula is C13H11N7O. The molecule has 0 saturated carbocycles. The van der Waals surface area contributed by atoms with Gasteiger partial charge in [0.15, 0.2) is 0 Å². The standard InChI is InChI=1S/C13H11N7O/c1-9-14-5-6-20(9)13-17-7-10(8-18-13)19-12(21)11-15-3-2-4-16-11/h2-8H,1H3,(H,19,21). The van der Waals surface area contributed by atoms with Crippen LogP contribution in [0.5, 0.6) is 0 Å². The molecule has 3 aromatic heterocycles.